The molecule has 29 heavy (non-hydrogen) atoms. The SMILES string of the molecule is CCN(CC)c1ccc(Nc2cncc(C(=O)N(C)Cc3ccccc3)c2)cc1. The van der Waals surface area contributed by atoms with Crippen LogP contribution in [0.2, 0.25) is 0 Å². The van der Waals surface area contributed by atoms with Gasteiger partial charge in [0.2, 0.25) is 0 Å². The van der Waals surface area contributed by atoms with Gasteiger partial charge in [-0.15, -0.1) is 0 Å². The first kappa shape index (κ1) is 20.4. The molecule has 0 fully saturated rings. The van der Waals surface area contributed by atoms with Gasteiger partial charge in [0.25, 0.3) is 5.91 Å². The fraction of sp³-hybridized carbons (Fsp3) is 0.250. The first-order valence-electron chi connectivity index (χ1n) is 9.97. The molecule has 0 bridgehead atoms. The summed E-state index contributed by atoms with van der Waals surface area (Å²) in [5.74, 6) is -0.0538. The normalized spacial score (nSPS) is 10.4. The van der Waals surface area contributed by atoms with E-state index in [0.29, 0.717) is 12.1 Å². The predicted molar refractivity (Wildman–Crippen MR) is 120 cm³/mol. The molecule has 3 rings (SSSR count). The molecule has 0 aliphatic carbocycles. The van der Waals surface area contributed by atoms with Gasteiger partial charge in [-0.1, -0.05) is 30.3 Å². The molecular weight excluding hydrogens is 360 g/mol. The molecule has 1 N–H and O–H groups in total. The first-order valence-corrected chi connectivity index (χ1v) is 9.97. The summed E-state index contributed by atoms with van der Waals surface area (Å²) in [5, 5.41) is 3.34. The lowest BCUT2D eigenvalue weighted by molar-refractivity contribution is 0.0784. The second-order valence-electron chi connectivity index (χ2n) is 6.95. The molecule has 1 amide bonds. The van der Waals surface area contributed by atoms with Crippen LogP contribution in [0.5, 0.6) is 0 Å². The molecule has 0 saturated carbocycles. The number of amides is 1. The maximum absolute atomic E-state index is 12.8. The minimum atomic E-state index is -0.0538. The zero-order valence-corrected chi connectivity index (χ0v) is 17.3. The van der Waals surface area contributed by atoms with Crippen LogP contribution in [0.1, 0.15) is 29.8 Å². The van der Waals surface area contributed by atoms with Gasteiger partial charge in [-0.05, 0) is 49.7 Å². The summed E-state index contributed by atoms with van der Waals surface area (Å²) in [5.41, 5.74) is 4.61. The summed E-state index contributed by atoms with van der Waals surface area (Å²) in [4.78, 5) is 21.0. The fourth-order valence-corrected chi connectivity index (χ4v) is 3.29. The van der Waals surface area contributed by atoms with Crippen molar-refractivity contribution in [2.75, 3.05) is 30.4 Å². The molecule has 3 aromatic rings. The molecule has 5 heteroatoms. The van der Waals surface area contributed by atoms with E-state index in [1.54, 1.807) is 24.3 Å². The number of hydrogen-bond acceptors (Lipinski definition) is 4. The number of benzene rings is 2. The van der Waals surface area contributed by atoms with E-state index >= 15 is 0 Å². The summed E-state index contributed by atoms with van der Waals surface area (Å²) >= 11 is 0. The van der Waals surface area contributed by atoms with Crippen LogP contribution in [0.3, 0.4) is 0 Å². The summed E-state index contributed by atoms with van der Waals surface area (Å²) < 4.78 is 0. The molecule has 0 atom stereocenters. The Morgan fingerprint density at radius 1 is 0.931 bits per heavy atom. The third kappa shape index (κ3) is 5.35. The second-order valence-corrected chi connectivity index (χ2v) is 6.95. The van der Waals surface area contributed by atoms with Crippen LogP contribution in [0.4, 0.5) is 17.1 Å². The molecule has 0 aliphatic heterocycles. The van der Waals surface area contributed by atoms with Crippen LogP contribution >= 0.6 is 0 Å². The van der Waals surface area contributed by atoms with Crippen LogP contribution in [0.25, 0.3) is 0 Å². The average molecular weight is 389 g/mol. The number of nitrogens with one attached hydrogen (secondary N) is 1. The van der Waals surface area contributed by atoms with Gasteiger partial charge in [0.15, 0.2) is 0 Å². The van der Waals surface area contributed by atoms with Gasteiger partial charge in [0.05, 0.1) is 17.4 Å². The van der Waals surface area contributed by atoms with Crippen molar-refractivity contribution in [1.82, 2.24) is 9.88 Å². The molecule has 0 saturated heterocycles. The van der Waals surface area contributed by atoms with Gasteiger partial charge < -0.3 is 15.1 Å². The van der Waals surface area contributed by atoms with Crippen molar-refractivity contribution < 1.29 is 4.79 Å². The van der Waals surface area contributed by atoms with Gasteiger partial charge >= 0.3 is 0 Å². The average Bonchev–Trinajstić information content (AvgIpc) is 2.76. The van der Waals surface area contributed by atoms with Crippen LogP contribution in [0.15, 0.2) is 73.1 Å². The van der Waals surface area contributed by atoms with E-state index in [4.69, 9.17) is 0 Å². The van der Waals surface area contributed by atoms with Crippen LogP contribution < -0.4 is 10.2 Å². The second kappa shape index (κ2) is 9.73. The fourth-order valence-electron chi connectivity index (χ4n) is 3.29. The van der Waals surface area contributed by atoms with E-state index in [1.807, 2.05) is 48.5 Å². The van der Waals surface area contributed by atoms with Gasteiger partial charge in [-0.3, -0.25) is 9.78 Å². The lowest BCUT2D eigenvalue weighted by Gasteiger charge is -2.21. The standard InChI is InChI=1S/C24H28N4O/c1-4-28(5-2)23-13-11-21(12-14-23)26-22-15-20(16-25-17-22)24(29)27(3)18-19-9-7-6-8-10-19/h6-17,26H,4-5,18H2,1-3H3. The van der Waals surface area contributed by atoms with Crippen molar-refractivity contribution >= 4 is 23.0 Å². The number of rotatable bonds is 8. The van der Waals surface area contributed by atoms with E-state index in [-0.39, 0.29) is 5.91 Å². The Balaban J connectivity index is 1.68. The Bertz CT molecular complexity index is 921. The smallest absolute Gasteiger partial charge is 0.255 e. The number of anilines is 3. The summed E-state index contributed by atoms with van der Waals surface area (Å²) in [7, 11) is 1.81. The molecule has 2 aromatic carbocycles. The molecule has 0 spiro atoms. The summed E-state index contributed by atoms with van der Waals surface area (Å²) in [6.45, 7) is 6.82. The monoisotopic (exact) mass is 388 g/mol. The molecule has 5 nitrogen and oxygen atoms in total. The Morgan fingerprint density at radius 3 is 2.28 bits per heavy atom. The largest absolute Gasteiger partial charge is 0.372 e. The van der Waals surface area contributed by atoms with E-state index in [2.05, 4.69) is 41.2 Å². The number of nitrogens with zero attached hydrogens (tertiary/aromatic N) is 3. The highest BCUT2D eigenvalue weighted by molar-refractivity contribution is 5.94. The van der Waals surface area contributed by atoms with Crippen molar-refractivity contribution in [3.8, 4) is 0 Å². The summed E-state index contributed by atoms with van der Waals surface area (Å²) in [6.07, 6.45) is 3.34. The Hall–Kier alpha value is -3.34. The van der Waals surface area contributed by atoms with Crippen LogP contribution in [-0.4, -0.2) is 35.9 Å². The highest BCUT2D eigenvalue weighted by Gasteiger charge is 2.13. The van der Waals surface area contributed by atoms with Crippen molar-refractivity contribution in [3.05, 3.63) is 84.2 Å². The van der Waals surface area contributed by atoms with Gasteiger partial charge in [0.1, 0.15) is 0 Å². The molecule has 0 aliphatic rings. The maximum atomic E-state index is 12.8. The lowest BCUT2D eigenvalue weighted by atomic mass is 10.2. The topological polar surface area (TPSA) is 48.5 Å². The Kier molecular flexibility index (Phi) is 6.85. The molecule has 0 unspecified atom stereocenters. The lowest BCUT2D eigenvalue weighted by Crippen LogP contribution is -2.26. The van der Waals surface area contributed by atoms with E-state index < -0.39 is 0 Å². The molecule has 1 heterocycles. The van der Waals surface area contributed by atoms with Crippen molar-refractivity contribution in [3.63, 3.8) is 0 Å². The maximum Gasteiger partial charge on any atom is 0.255 e. The number of hydrogen-bond donors (Lipinski definition) is 1. The number of carbonyl (C=O) groups is 1. The third-order valence-electron chi connectivity index (χ3n) is 4.88. The third-order valence-corrected chi connectivity index (χ3v) is 4.88. The molecule has 1 aromatic heterocycles. The summed E-state index contributed by atoms with van der Waals surface area (Å²) in [6, 6.07) is 20.1. The number of carbonyl (C=O) groups excluding carboxylic acids is 1. The number of aromatic nitrogens is 1. The van der Waals surface area contributed by atoms with Crippen molar-refractivity contribution in [2.45, 2.75) is 20.4 Å². The van der Waals surface area contributed by atoms with E-state index in [0.717, 1.165) is 30.0 Å². The van der Waals surface area contributed by atoms with Crippen molar-refractivity contribution in [1.29, 1.82) is 0 Å². The zero-order valence-electron chi connectivity index (χ0n) is 17.3. The van der Waals surface area contributed by atoms with E-state index in [9.17, 15) is 4.79 Å². The van der Waals surface area contributed by atoms with Crippen LogP contribution in [0, 0.1) is 0 Å². The first-order chi connectivity index (χ1) is 14.1. The zero-order chi connectivity index (χ0) is 20.6. The Labute approximate surface area is 173 Å². The minimum Gasteiger partial charge on any atom is -0.372 e. The van der Waals surface area contributed by atoms with Crippen molar-refractivity contribution in [2.24, 2.45) is 0 Å². The highest BCUT2D eigenvalue weighted by atomic mass is 16.2. The quantitative estimate of drug-likeness (QED) is 0.594. The van der Waals surface area contributed by atoms with Gasteiger partial charge in [-0.2, -0.15) is 0 Å². The Morgan fingerprint density at radius 2 is 1.62 bits per heavy atom. The predicted octanol–water partition coefficient (Wildman–Crippen LogP) is 4.94. The molecular formula is C24H28N4O. The van der Waals surface area contributed by atoms with Gasteiger partial charge in [-0.25, -0.2) is 0 Å². The molecule has 0 radical (unpaired) electrons. The number of pyridine rings is 1. The minimum absolute atomic E-state index is 0.0538. The highest BCUT2D eigenvalue weighted by Crippen LogP contribution is 2.21. The van der Waals surface area contributed by atoms with Crippen LogP contribution in [-0.2, 0) is 6.54 Å². The van der Waals surface area contributed by atoms with Gasteiger partial charge in [0, 0.05) is 44.3 Å². The van der Waals surface area contributed by atoms with E-state index in [1.165, 1.54) is 5.69 Å². The molecule has 150 valence electrons.